The minimum Gasteiger partial charge on any atom is -0.309 e. The molecule has 278 valence electrons. The molecule has 2 heterocycles. The van der Waals surface area contributed by atoms with E-state index in [4.69, 9.17) is 9.97 Å². The van der Waals surface area contributed by atoms with Crippen molar-refractivity contribution in [3.63, 3.8) is 0 Å². The Kier molecular flexibility index (Phi) is 6.93. The minimum atomic E-state index is -0.503. The first kappa shape index (κ1) is 33.1. The Balaban J connectivity index is 1.07. The second kappa shape index (κ2) is 12.6. The molecule has 13 rings (SSSR count). The van der Waals surface area contributed by atoms with Crippen molar-refractivity contribution in [2.75, 3.05) is 0 Å². The second-order valence-corrected chi connectivity index (χ2v) is 16.0. The molecule has 3 nitrogen and oxygen atoms in total. The van der Waals surface area contributed by atoms with Gasteiger partial charge in [0.05, 0.1) is 27.8 Å². The average molecular weight is 762 g/mol. The van der Waals surface area contributed by atoms with E-state index in [1.807, 2.05) is 0 Å². The molecule has 0 unspecified atom stereocenters. The molecule has 0 fully saturated rings. The summed E-state index contributed by atoms with van der Waals surface area (Å²) in [6.45, 7) is 0. The van der Waals surface area contributed by atoms with Gasteiger partial charge in [-0.25, -0.2) is 9.97 Å². The van der Waals surface area contributed by atoms with Gasteiger partial charge in [-0.3, -0.25) is 0 Å². The van der Waals surface area contributed by atoms with Gasteiger partial charge in [-0.2, -0.15) is 0 Å². The van der Waals surface area contributed by atoms with Gasteiger partial charge in [0.25, 0.3) is 0 Å². The van der Waals surface area contributed by atoms with E-state index < -0.39 is 5.41 Å². The molecule has 0 radical (unpaired) electrons. The summed E-state index contributed by atoms with van der Waals surface area (Å²) in [5.74, 6) is 0.714. The zero-order chi connectivity index (χ0) is 39.4. The molecule has 2 aliphatic rings. The van der Waals surface area contributed by atoms with Gasteiger partial charge in [-0.05, 0) is 91.7 Å². The summed E-state index contributed by atoms with van der Waals surface area (Å²) in [4.78, 5) is 11.0. The fourth-order valence-electron chi connectivity index (χ4n) is 10.6. The van der Waals surface area contributed by atoms with Crippen molar-refractivity contribution in [2.45, 2.75) is 5.41 Å². The molecule has 60 heavy (non-hydrogen) atoms. The molecule has 0 saturated carbocycles. The largest absolute Gasteiger partial charge is 0.309 e. The van der Waals surface area contributed by atoms with Crippen molar-refractivity contribution >= 4 is 32.6 Å². The predicted octanol–water partition coefficient (Wildman–Crippen LogP) is 14.1. The van der Waals surface area contributed by atoms with Crippen molar-refractivity contribution in [1.29, 1.82) is 0 Å². The highest BCUT2D eigenvalue weighted by Gasteiger charge is 2.53. The van der Waals surface area contributed by atoms with E-state index in [-0.39, 0.29) is 0 Å². The first-order valence-corrected chi connectivity index (χ1v) is 20.7. The lowest BCUT2D eigenvalue weighted by molar-refractivity contribution is 0.801. The Morgan fingerprint density at radius 3 is 1.48 bits per heavy atom. The number of benzene rings is 9. The number of hydrogen-bond donors (Lipinski definition) is 0. The molecule has 9 aromatic carbocycles. The number of hydrogen-bond acceptors (Lipinski definition) is 2. The van der Waals surface area contributed by atoms with Crippen LogP contribution in [0.3, 0.4) is 0 Å². The summed E-state index contributed by atoms with van der Waals surface area (Å²) in [5, 5.41) is 4.92. The smallest absolute Gasteiger partial charge is 0.161 e. The van der Waals surface area contributed by atoms with Crippen molar-refractivity contribution in [1.82, 2.24) is 14.5 Å². The SMILES string of the molecule is c1ccc(-c2cc(-c3ccc(-n4c5ccccc5c5ccccc54)cc3)nc(-c3cc4ccccc4c4c3-c3ccccc3C43c4ccccc4-c4ccccc43)n2)cc1. The number of fused-ring (bicyclic) bond motifs is 15. The molecule has 0 atom stereocenters. The summed E-state index contributed by atoms with van der Waals surface area (Å²) in [6, 6.07) is 77.1. The molecule has 2 aliphatic carbocycles. The Morgan fingerprint density at radius 1 is 0.367 bits per heavy atom. The van der Waals surface area contributed by atoms with Gasteiger partial charge in [-0.1, -0.05) is 176 Å². The van der Waals surface area contributed by atoms with E-state index in [0.717, 1.165) is 33.8 Å². The molecule has 11 aromatic rings. The van der Waals surface area contributed by atoms with Crippen LogP contribution in [0.5, 0.6) is 0 Å². The maximum absolute atomic E-state index is 5.53. The summed E-state index contributed by atoms with van der Waals surface area (Å²) < 4.78 is 2.36. The molecular formula is C57H35N3. The highest BCUT2D eigenvalue weighted by atomic mass is 15.0. The standard InChI is InChI=1S/C57H35N3/c1-2-16-36(17-3-1)50-35-51(37-30-32-39(33-31-37)60-52-28-14-9-22-43(52)44-23-10-15-29-53(44)60)59-56(58-50)46-34-38-18-4-5-19-40(38)55-54(46)45-24-8-13-27-49(45)57(55)47-25-11-6-20-41(47)42-21-7-12-26-48(42)57/h1-35H. The van der Waals surface area contributed by atoms with Crippen LogP contribution >= 0.6 is 0 Å². The molecule has 3 heteroatoms. The van der Waals surface area contributed by atoms with Crippen LogP contribution in [-0.2, 0) is 5.41 Å². The summed E-state index contributed by atoms with van der Waals surface area (Å²) in [5.41, 5.74) is 18.2. The van der Waals surface area contributed by atoms with Crippen LogP contribution in [0.1, 0.15) is 22.3 Å². The highest BCUT2D eigenvalue weighted by molar-refractivity contribution is 6.10. The fraction of sp³-hybridized carbons (Fsp3) is 0.0175. The molecule has 0 bridgehead atoms. The quantitative estimate of drug-likeness (QED) is 0.179. The van der Waals surface area contributed by atoms with E-state index in [0.29, 0.717) is 5.82 Å². The van der Waals surface area contributed by atoms with Gasteiger partial charge in [0, 0.05) is 33.2 Å². The normalized spacial score (nSPS) is 13.1. The zero-order valence-electron chi connectivity index (χ0n) is 32.5. The van der Waals surface area contributed by atoms with Gasteiger partial charge in [0.2, 0.25) is 0 Å². The predicted molar refractivity (Wildman–Crippen MR) is 246 cm³/mol. The highest BCUT2D eigenvalue weighted by Crippen LogP contribution is 2.65. The van der Waals surface area contributed by atoms with Crippen molar-refractivity contribution in [3.8, 4) is 61.8 Å². The van der Waals surface area contributed by atoms with Crippen LogP contribution in [0.2, 0.25) is 0 Å². The van der Waals surface area contributed by atoms with Crippen molar-refractivity contribution in [3.05, 3.63) is 235 Å². The molecule has 0 aliphatic heterocycles. The third-order valence-corrected chi connectivity index (χ3v) is 13.0. The molecule has 0 saturated heterocycles. The van der Waals surface area contributed by atoms with Crippen LogP contribution in [-0.4, -0.2) is 14.5 Å². The van der Waals surface area contributed by atoms with Gasteiger partial charge in [0.1, 0.15) is 0 Å². The van der Waals surface area contributed by atoms with Gasteiger partial charge in [0.15, 0.2) is 5.82 Å². The van der Waals surface area contributed by atoms with Crippen LogP contribution in [0.15, 0.2) is 212 Å². The lowest BCUT2D eigenvalue weighted by Gasteiger charge is -2.31. The Bertz CT molecular complexity index is 3440. The molecule has 0 N–H and O–H groups in total. The first-order valence-electron chi connectivity index (χ1n) is 20.7. The molecule has 0 amide bonds. The Morgan fingerprint density at radius 2 is 0.850 bits per heavy atom. The molecule has 1 spiro atoms. The van der Waals surface area contributed by atoms with Gasteiger partial charge in [-0.15, -0.1) is 0 Å². The first-order chi connectivity index (χ1) is 29.8. The molecule has 2 aromatic heterocycles. The van der Waals surface area contributed by atoms with E-state index >= 15 is 0 Å². The number of para-hydroxylation sites is 2. The summed E-state index contributed by atoms with van der Waals surface area (Å²) in [7, 11) is 0. The van der Waals surface area contributed by atoms with Gasteiger partial charge >= 0.3 is 0 Å². The molecular weight excluding hydrogens is 727 g/mol. The minimum absolute atomic E-state index is 0.503. The number of aromatic nitrogens is 3. The average Bonchev–Trinajstić information content (AvgIpc) is 3.94. The van der Waals surface area contributed by atoms with Crippen molar-refractivity contribution < 1.29 is 0 Å². The lowest BCUT2D eigenvalue weighted by Crippen LogP contribution is -2.26. The number of rotatable bonds is 4. The van der Waals surface area contributed by atoms with E-state index in [1.54, 1.807) is 0 Å². The zero-order valence-corrected chi connectivity index (χ0v) is 32.5. The number of nitrogens with zero attached hydrogens (tertiary/aromatic N) is 3. The topological polar surface area (TPSA) is 30.7 Å². The summed E-state index contributed by atoms with van der Waals surface area (Å²) >= 11 is 0. The van der Waals surface area contributed by atoms with Gasteiger partial charge < -0.3 is 4.57 Å². The van der Waals surface area contributed by atoms with E-state index in [9.17, 15) is 0 Å². The van der Waals surface area contributed by atoms with Crippen LogP contribution in [0.25, 0.3) is 94.4 Å². The van der Waals surface area contributed by atoms with E-state index in [2.05, 4.69) is 217 Å². The van der Waals surface area contributed by atoms with Crippen LogP contribution in [0.4, 0.5) is 0 Å². The maximum Gasteiger partial charge on any atom is 0.161 e. The third kappa shape index (κ3) is 4.49. The van der Waals surface area contributed by atoms with Crippen LogP contribution < -0.4 is 0 Å². The van der Waals surface area contributed by atoms with Crippen molar-refractivity contribution in [2.24, 2.45) is 0 Å². The summed E-state index contributed by atoms with van der Waals surface area (Å²) in [6.07, 6.45) is 0. The van der Waals surface area contributed by atoms with E-state index in [1.165, 1.54) is 77.1 Å². The Hall–Kier alpha value is -7.88. The van der Waals surface area contributed by atoms with Crippen LogP contribution in [0, 0.1) is 0 Å². The third-order valence-electron chi connectivity index (χ3n) is 13.0. The second-order valence-electron chi connectivity index (χ2n) is 16.0. The maximum atomic E-state index is 5.53. The monoisotopic (exact) mass is 761 g/mol. The fourth-order valence-corrected chi connectivity index (χ4v) is 10.6. The lowest BCUT2D eigenvalue weighted by atomic mass is 9.69. The Labute approximate surface area is 347 Å².